The van der Waals surface area contributed by atoms with Gasteiger partial charge < -0.3 is 4.42 Å². The quantitative estimate of drug-likeness (QED) is 0.201. The number of nitrogens with zero attached hydrogens (tertiary/aromatic N) is 3. The van der Waals surface area contributed by atoms with Gasteiger partial charge in [-0.3, -0.25) is 4.57 Å². The maximum atomic E-state index is 6.51. The molecule has 3 heterocycles. The topological polar surface area (TPSA) is 43.9 Å². The molecule has 224 valence electrons. The second-order valence-electron chi connectivity index (χ2n) is 13.3. The second-order valence-corrected chi connectivity index (χ2v) is 13.3. The fraction of sp³-hybridized carbons (Fsp3) is 0.116. The summed E-state index contributed by atoms with van der Waals surface area (Å²) < 4.78 is 8.83. The lowest BCUT2D eigenvalue weighted by molar-refractivity contribution is 0.546. The van der Waals surface area contributed by atoms with Crippen LogP contribution in [0.3, 0.4) is 0 Å². The molecule has 0 saturated carbocycles. The van der Waals surface area contributed by atoms with E-state index < -0.39 is 0 Å². The highest BCUT2D eigenvalue weighted by molar-refractivity contribution is 6.15. The smallest absolute Gasteiger partial charge is 0.235 e. The first-order valence-electron chi connectivity index (χ1n) is 16.4. The number of hydrogen-bond donors (Lipinski definition) is 0. The maximum Gasteiger partial charge on any atom is 0.235 e. The number of allylic oxidation sites excluding steroid dienone is 1. The van der Waals surface area contributed by atoms with E-state index in [9.17, 15) is 0 Å². The molecule has 4 nitrogen and oxygen atoms in total. The highest BCUT2D eigenvalue weighted by Crippen LogP contribution is 2.55. The van der Waals surface area contributed by atoms with E-state index in [4.69, 9.17) is 14.4 Å². The first-order valence-corrected chi connectivity index (χ1v) is 16.4. The van der Waals surface area contributed by atoms with Crippen molar-refractivity contribution in [2.45, 2.75) is 32.1 Å². The van der Waals surface area contributed by atoms with Crippen LogP contribution in [0.2, 0.25) is 0 Å². The molecule has 0 bridgehead atoms. The molecule has 4 heteroatoms. The Morgan fingerprint density at radius 3 is 2.32 bits per heavy atom. The molecule has 0 unspecified atom stereocenters. The fourth-order valence-corrected chi connectivity index (χ4v) is 8.10. The van der Waals surface area contributed by atoms with E-state index in [-0.39, 0.29) is 5.41 Å². The zero-order valence-corrected chi connectivity index (χ0v) is 26.3. The summed E-state index contributed by atoms with van der Waals surface area (Å²) >= 11 is 0. The average molecular weight is 606 g/mol. The largest absolute Gasteiger partial charge is 0.460 e. The van der Waals surface area contributed by atoms with Crippen LogP contribution in [0, 0.1) is 0 Å². The van der Waals surface area contributed by atoms with Gasteiger partial charge in [0.25, 0.3) is 0 Å². The van der Waals surface area contributed by atoms with Crippen molar-refractivity contribution in [1.29, 1.82) is 0 Å². The molecule has 10 rings (SSSR count). The first kappa shape index (κ1) is 26.5. The molecular weight excluding hydrogens is 574 g/mol. The Labute approximate surface area is 272 Å². The minimum atomic E-state index is -0.226. The number of aryl methyl sites for hydroxylation is 1. The lowest BCUT2D eigenvalue weighted by Gasteiger charge is -2.21. The summed E-state index contributed by atoms with van der Waals surface area (Å²) in [4.78, 5) is 10.8. The number of aromatic nitrogens is 3. The lowest BCUT2D eigenvalue weighted by atomic mass is 9.81. The number of hydrogen-bond acceptors (Lipinski definition) is 3. The van der Waals surface area contributed by atoms with Gasteiger partial charge in [0.2, 0.25) is 5.95 Å². The summed E-state index contributed by atoms with van der Waals surface area (Å²) in [5.74, 6) is 1.75. The molecule has 2 aliphatic carbocycles. The van der Waals surface area contributed by atoms with Crippen LogP contribution in [0.5, 0.6) is 0 Å². The molecule has 8 aromatic rings. The molecule has 0 aliphatic heterocycles. The van der Waals surface area contributed by atoms with E-state index >= 15 is 0 Å². The van der Waals surface area contributed by atoms with Crippen LogP contribution in [-0.2, 0) is 11.8 Å². The van der Waals surface area contributed by atoms with Crippen LogP contribution in [0.25, 0.3) is 78.4 Å². The predicted octanol–water partition coefficient (Wildman–Crippen LogP) is 10.9. The Morgan fingerprint density at radius 1 is 0.723 bits per heavy atom. The van der Waals surface area contributed by atoms with Crippen molar-refractivity contribution in [3.63, 3.8) is 0 Å². The Balaban J connectivity index is 1.34. The molecule has 5 aromatic carbocycles. The molecule has 47 heavy (non-hydrogen) atoms. The summed E-state index contributed by atoms with van der Waals surface area (Å²) in [6.45, 7) is 4.70. The molecular formula is C43H31N3O. The molecule has 0 amide bonds. The van der Waals surface area contributed by atoms with E-state index in [1.165, 1.54) is 44.3 Å². The normalized spacial score (nSPS) is 14.5. The summed E-state index contributed by atoms with van der Waals surface area (Å²) in [6.07, 6.45) is 6.46. The summed E-state index contributed by atoms with van der Waals surface area (Å²) in [7, 11) is 0. The molecule has 0 atom stereocenters. The van der Waals surface area contributed by atoms with Gasteiger partial charge in [-0.2, -0.15) is 0 Å². The number of rotatable bonds is 3. The second kappa shape index (κ2) is 9.63. The summed E-state index contributed by atoms with van der Waals surface area (Å²) in [6, 6.07) is 40.8. The van der Waals surface area contributed by atoms with E-state index in [0.717, 1.165) is 57.4 Å². The Morgan fingerprint density at radius 2 is 1.49 bits per heavy atom. The van der Waals surface area contributed by atoms with Crippen molar-refractivity contribution < 1.29 is 4.42 Å². The third-order valence-corrected chi connectivity index (χ3v) is 10.2. The van der Waals surface area contributed by atoms with Gasteiger partial charge in [-0.1, -0.05) is 117 Å². The number of benzene rings is 5. The fourth-order valence-electron chi connectivity index (χ4n) is 8.10. The monoisotopic (exact) mass is 605 g/mol. The van der Waals surface area contributed by atoms with Gasteiger partial charge in [0.1, 0.15) is 11.3 Å². The van der Waals surface area contributed by atoms with Crippen LogP contribution in [0.15, 0.2) is 126 Å². The minimum absolute atomic E-state index is 0.226. The van der Waals surface area contributed by atoms with Gasteiger partial charge in [0.15, 0.2) is 0 Å². The van der Waals surface area contributed by atoms with Gasteiger partial charge in [-0.25, -0.2) is 9.97 Å². The number of fused-ring (bicyclic) bond motifs is 10. The standard InChI is InChI=1S/C43H31N3O/c1-43(2)32-19-11-9-17-29(32)41-39(43)38-34(23-24-36-37(38)30-18-10-12-20-35(30)47-36)46(41)42-44-33-22-21-28(26-13-5-3-6-14-26)25-31(33)40(45-42)27-15-7-4-8-16-27/h3-11,13-19,21-25H,12,20H2,1-2H3. The molecule has 0 fully saturated rings. The molecule has 3 aromatic heterocycles. The number of furan rings is 1. The van der Waals surface area contributed by atoms with Gasteiger partial charge in [-0.05, 0) is 52.9 Å². The van der Waals surface area contributed by atoms with Crippen LogP contribution in [0.4, 0.5) is 0 Å². The van der Waals surface area contributed by atoms with Gasteiger partial charge in [-0.15, -0.1) is 0 Å². The Kier molecular flexibility index (Phi) is 5.43. The zero-order chi connectivity index (χ0) is 31.3. The average Bonchev–Trinajstić information content (AvgIpc) is 3.75. The van der Waals surface area contributed by atoms with Crippen molar-refractivity contribution in [1.82, 2.24) is 14.5 Å². The lowest BCUT2D eigenvalue weighted by Crippen LogP contribution is -2.14. The third-order valence-electron chi connectivity index (χ3n) is 10.2. The van der Waals surface area contributed by atoms with Crippen molar-refractivity contribution in [2.24, 2.45) is 0 Å². The van der Waals surface area contributed by atoms with E-state index in [2.05, 4.69) is 146 Å². The SMILES string of the molecule is CC1(C)c2ccccc2-c2c1c1c3c4c(oc3ccc1n2-c1nc(-c2ccccc2)c2cc(-c3ccccc3)ccc2n1)CCC=C4. The highest BCUT2D eigenvalue weighted by Gasteiger charge is 2.42. The van der Waals surface area contributed by atoms with Crippen molar-refractivity contribution >= 4 is 38.9 Å². The minimum Gasteiger partial charge on any atom is -0.460 e. The molecule has 0 spiro atoms. The van der Waals surface area contributed by atoms with Crippen molar-refractivity contribution in [3.05, 3.63) is 144 Å². The highest BCUT2D eigenvalue weighted by atomic mass is 16.3. The van der Waals surface area contributed by atoms with Crippen LogP contribution >= 0.6 is 0 Å². The van der Waals surface area contributed by atoms with E-state index in [1.807, 2.05) is 0 Å². The molecule has 2 aliphatic rings. The van der Waals surface area contributed by atoms with E-state index in [0.29, 0.717) is 5.95 Å². The Hall–Kier alpha value is -5.74. The molecule has 0 radical (unpaired) electrons. The van der Waals surface area contributed by atoms with Gasteiger partial charge in [0.05, 0.1) is 22.4 Å². The summed E-state index contributed by atoms with van der Waals surface area (Å²) in [5.41, 5.74) is 13.3. The molecule has 0 saturated heterocycles. The van der Waals surface area contributed by atoms with Crippen molar-refractivity contribution in [3.8, 4) is 39.6 Å². The van der Waals surface area contributed by atoms with Crippen LogP contribution < -0.4 is 0 Å². The third kappa shape index (κ3) is 3.70. The van der Waals surface area contributed by atoms with Crippen LogP contribution in [-0.4, -0.2) is 14.5 Å². The van der Waals surface area contributed by atoms with Crippen molar-refractivity contribution in [2.75, 3.05) is 0 Å². The van der Waals surface area contributed by atoms with E-state index in [1.54, 1.807) is 0 Å². The van der Waals surface area contributed by atoms with Gasteiger partial charge >= 0.3 is 0 Å². The van der Waals surface area contributed by atoms with Crippen LogP contribution in [0.1, 0.15) is 42.7 Å². The Bertz CT molecular complexity index is 2590. The predicted molar refractivity (Wildman–Crippen MR) is 192 cm³/mol. The molecule has 0 N–H and O–H groups in total. The first-order chi connectivity index (χ1) is 23.1. The maximum absolute atomic E-state index is 6.51. The summed E-state index contributed by atoms with van der Waals surface area (Å²) in [5, 5.41) is 3.46. The van der Waals surface area contributed by atoms with Gasteiger partial charge in [0, 0.05) is 44.7 Å². The zero-order valence-electron chi connectivity index (χ0n) is 26.3.